The Balaban J connectivity index is 2.38. The van der Waals surface area contributed by atoms with Gasteiger partial charge in [-0.1, -0.05) is 42.5 Å². The average molecular weight is 201 g/mol. The van der Waals surface area contributed by atoms with Gasteiger partial charge in [-0.2, -0.15) is 0 Å². The fourth-order valence-corrected chi connectivity index (χ4v) is 1.72. The summed E-state index contributed by atoms with van der Waals surface area (Å²) < 4.78 is 0. The molecule has 0 aliphatic rings. The number of hydrogen-bond donors (Lipinski definition) is 0. The molecule has 0 N–H and O–H groups in total. The lowest BCUT2D eigenvalue weighted by Gasteiger charge is -2.03. The van der Waals surface area contributed by atoms with E-state index in [1.807, 2.05) is 42.5 Å². The molecule has 0 aliphatic heterocycles. The first-order valence-electron chi connectivity index (χ1n) is 4.86. The highest BCUT2D eigenvalue weighted by Gasteiger charge is 2.03. The van der Waals surface area contributed by atoms with Gasteiger partial charge in [0, 0.05) is 11.3 Å². The Hall–Kier alpha value is -1.90. The lowest BCUT2D eigenvalue weighted by Crippen LogP contribution is -2.04. The van der Waals surface area contributed by atoms with Gasteiger partial charge in [-0.25, -0.2) is 0 Å². The highest BCUT2D eigenvalue weighted by atomic mass is 16.6. The summed E-state index contributed by atoms with van der Waals surface area (Å²) in [6.07, 6.45) is 0.494. The molecule has 76 valence electrons. The molecule has 0 bridgehead atoms. The molecule has 0 saturated heterocycles. The molecule has 0 aromatic heterocycles. The molecule has 2 aromatic carbocycles. The molecule has 3 nitrogen and oxygen atoms in total. The van der Waals surface area contributed by atoms with Gasteiger partial charge in [-0.05, 0) is 16.3 Å². The highest BCUT2D eigenvalue weighted by Crippen LogP contribution is 2.18. The molecular formula is C12H11NO2. The van der Waals surface area contributed by atoms with E-state index in [9.17, 15) is 10.1 Å². The van der Waals surface area contributed by atoms with Crippen molar-refractivity contribution in [1.29, 1.82) is 0 Å². The van der Waals surface area contributed by atoms with Crippen LogP contribution >= 0.6 is 0 Å². The fraction of sp³-hybridized carbons (Fsp3) is 0.167. The number of fused-ring (bicyclic) bond motifs is 1. The van der Waals surface area contributed by atoms with Crippen molar-refractivity contribution in [3.05, 3.63) is 58.1 Å². The minimum Gasteiger partial charge on any atom is -0.265 e. The third kappa shape index (κ3) is 2.13. The summed E-state index contributed by atoms with van der Waals surface area (Å²) in [7, 11) is 0. The molecule has 0 atom stereocenters. The molecular weight excluding hydrogens is 190 g/mol. The molecule has 3 heteroatoms. The minimum atomic E-state index is -0.276. The predicted molar refractivity (Wildman–Crippen MR) is 59.5 cm³/mol. The Kier molecular flexibility index (Phi) is 2.63. The molecule has 0 aliphatic carbocycles. The second-order valence-electron chi connectivity index (χ2n) is 3.44. The lowest BCUT2D eigenvalue weighted by molar-refractivity contribution is -0.479. The maximum Gasteiger partial charge on any atom is 0.207 e. The lowest BCUT2D eigenvalue weighted by atomic mass is 10.0. The van der Waals surface area contributed by atoms with Gasteiger partial charge < -0.3 is 0 Å². The number of nitro groups is 1. The topological polar surface area (TPSA) is 43.1 Å². The van der Waals surface area contributed by atoms with Gasteiger partial charge in [0.1, 0.15) is 0 Å². The van der Waals surface area contributed by atoms with E-state index < -0.39 is 0 Å². The van der Waals surface area contributed by atoms with Gasteiger partial charge in [0.05, 0.1) is 0 Å². The Bertz CT molecular complexity index is 488. The van der Waals surface area contributed by atoms with Gasteiger partial charge in [0.15, 0.2) is 0 Å². The molecule has 0 amide bonds. The molecule has 0 saturated carbocycles. The largest absolute Gasteiger partial charge is 0.265 e. The Morgan fingerprint density at radius 3 is 2.60 bits per heavy atom. The van der Waals surface area contributed by atoms with Crippen LogP contribution in [0.2, 0.25) is 0 Å². The summed E-state index contributed by atoms with van der Waals surface area (Å²) in [6, 6.07) is 13.9. The zero-order valence-corrected chi connectivity index (χ0v) is 8.22. The second-order valence-corrected chi connectivity index (χ2v) is 3.44. The number of benzene rings is 2. The first kappa shape index (κ1) is 9.65. The van der Waals surface area contributed by atoms with Crippen LogP contribution in [0.5, 0.6) is 0 Å². The quantitative estimate of drug-likeness (QED) is 0.566. The van der Waals surface area contributed by atoms with Crippen molar-refractivity contribution in [3.63, 3.8) is 0 Å². The van der Waals surface area contributed by atoms with E-state index in [0.717, 1.165) is 16.3 Å². The summed E-state index contributed by atoms with van der Waals surface area (Å²) in [6.45, 7) is -0.00594. The van der Waals surface area contributed by atoms with Crippen LogP contribution in [-0.2, 0) is 6.42 Å². The fourth-order valence-electron chi connectivity index (χ4n) is 1.72. The van der Waals surface area contributed by atoms with Crippen molar-refractivity contribution in [2.75, 3.05) is 6.54 Å². The van der Waals surface area contributed by atoms with Crippen LogP contribution in [0, 0.1) is 10.1 Å². The van der Waals surface area contributed by atoms with Crippen molar-refractivity contribution in [3.8, 4) is 0 Å². The molecule has 0 heterocycles. The van der Waals surface area contributed by atoms with Crippen molar-refractivity contribution in [2.24, 2.45) is 0 Å². The monoisotopic (exact) mass is 201 g/mol. The van der Waals surface area contributed by atoms with Crippen LogP contribution in [0.1, 0.15) is 5.56 Å². The third-order valence-corrected chi connectivity index (χ3v) is 2.44. The first-order valence-corrected chi connectivity index (χ1v) is 4.86. The Labute approximate surface area is 87.5 Å². The normalized spacial score (nSPS) is 10.4. The molecule has 0 spiro atoms. The number of rotatable bonds is 3. The van der Waals surface area contributed by atoms with E-state index in [0.29, 0.717) is 6.42 Å². The maximum absolute atomic E-state index is 10.3. The van der Waals surface area contributed by atoms with Crippen LogP contribution in [0.3, 0.4) is 0 Å². The van der Waals surface area contributed by atoms with Gasteiger partial charge >= 0.3 is 0 Å². The maximum atomic E-state index is 10.3. The van der Waals surface area contributed by atoms with Gasteiger partial charge in [0.25, 0.3) is 0 Å². The smallest absolute Gasteiger partial charge is 0.207 e. The van der Waals surface area contributed by atoms with Gasteiger partial charge in [-0.3, -0.25) is 10.1 Å². The second kappa shape index (κ2) is 4.09. The predicted octanol–water partition coefficient (Wildman–Crippen LogP) is 2.66. The van der Waals surface area contributed by atoms with Crippen molar-refractivity contribution in [2.45, 2.75) is 6.42 Å². The molecule has 2 rings (SSSR count). The first-order chi connectivity index (χ1) is 7.27. The summed E-state index contributed by atoms with van der Waals surface area (Å²) in [4.78, 5) is 10.0. The van der Waals surface area contributed by atoms with E-state index >= 15 is 0 Å². The van der Waals surface area contributed by atoms with Crippen molar-refractivity contribution >= 4 is 10.8 Å². The van der Waals surface area contributed by atoms with Crippen LogP contribution in [-0.4, -0.2) is 11.5 Å². The summed E-state index contributed by atoms with van der Waals surface area (Å²) in [5.41, 5.74) is 1.05. The molecule has 0 radical (unpaired) electrons. The van der Waals surface area contributed by atoms with E-state index in [-0.39, 0.29) is 11.5 Å². The van der Waals surface area contributed by atoms with E-state index in [1.165, 1.54) is 0 Å². The van der Waals surface area contributed by atoms with Gasteiger partial charge in [0.2, 0.25) is 6.54 Å². The number of hydrogen-bond acceptors (Lipinski definition) is 2. The third-order valence-electron chi connectivity index (χ3n) is 2.44. The van der Waals surface area contributed by atoms with Crippen LogP contribution < -0.4 is 0 Å². The molecule has 0 unspecified atom stereocenters. The zero-order chi connectivity index (χ0) is 10.7. The zero-order valence-electron chi connectivity index (χ0n) is 8.22. The molecule has 0 fully saturated rings. The summed E-state index contributed by atoms with van der Waals surface area (Å²) in [5, 5.41) is 12.6. The van der Waals surface area contributed by atoms with Crippen LogP contribution in [0.4, 0.5) is 0 Å². The molecule has 15 heavy (non-hydrogen) atoms. The minimum absolute atomic E-state index is 0.00594. The van der Waals surface area contributed by atoms with Crippen molar-refractivity contribution in [1.82, 2.24) is 0 Å². The van der Waals surface area contributed by atoms with E-state index in [2.05, 4.69) is 0 Å². The standard InChI is InChI=1S/C12H11NO2/c14-13(15)9-8-11-6-3-5-10-4-1-2-7-12(10)11/h1-7H,8-9H2. The van der Waals surface area contributed by atoms with Crippen LogP contribution in [0.15, 0.2) is 42.5 Å². The van der Waals surface area contributed by atoms with Gasteiger partial charge in [-0.15, -0.1) is 0 Å². The number of nitrogens with zero attached hydrogens (tertiary/aromatic N) is 1. The van der Waals surface area contributed by atoms with E-state index in [4.69, 9.17) is 0 Å². The Morgan fingerprint density at radius 1 is 1.07 bits per heavy atom. The molecule has 2 aromatic rings. The summed E-state index contributed by atoms with van der Waals surface area (Å²) >= 11 is 0. The summed E-state index contributed by atoms with van der Waals surface area (Å²) in [5.74, 6) is 0. The van der Waals surface area contributed by atoms with E-state index in [1.54, 1.807) is 0 Å². The average Bonchev–Trinajstić information content (AvgIpc) is 2.26. The van der Waals surface area contributed by atoms with Crippen LogP contribution in [0.25, 0.3) is 10.8 Å². The van der Waals surface area contributed by atoms with Crippen molar-refractivity contribution < 1.29 is 4.92 Å². The Morgan fingerprint density at radius 2 is 1.80 bits per heavy atom. The SMILES string of the molecule is O=[N+]([O-])CCc1cccc2ccccc12. The highest BCUT2D eigenvalue weighted by molar-refractivity contribution is 5.85.